The van der Waals surface area contributed by atoms with Gasteiger partial charge in [0.25, 0.3) is 0 Å². The van der Waals surface area contributed by atoms with Crippen molar-refractivity contribution in [1.82, 2.24) is 10.2 Å². The first-order chi connectivity index (χ1) is 6.66. The van der Waals surface area contributed by atoms with Gasteiger partial charge < -0.3 is 20.1 Å². The highest BCUT2D eigenvalue weighted by Crippen LogP contribution is 2.14. The molecule has 0 bridgehead atoms. The predicted molar refractivity (Wildman–Crippen MR) is 56.4 cm³/mol. The van der Waals surface area contributed by atoms with Gasteiger partial charge >= 0.3 is 0 Å². The second kappa shape index (κ2) is 5.66. The number of rotatable bonds is 6. The molecule has 4 heteroatoms. The van der Waals surface area contributed by atoms with Crippen molar-refractivity contribution in [3.05, 3.63) is 0 Å². The molecule has 14 heavy (non-hydrogen) atoms. The molecule has 1 aliphatic rings. The second-order valence-corrected chi connectivity index (χ2v) is 4.09. The standard InChI is InChI=1S/C10H22N2O2/c1-3-14-7-6-12(2)9-10(13)4-5-11-8-10/h11,13H,3-9H2,1-2H3. The molecule has 1 heterocycles. The maximum Gasteiger partial charge on any atom is 0.0909 e. The number of nitrogens with zero attached hydrogens (tertiary/aromatic N) is 1. The van der Waals surface area contributed by atoms with E-state index in [1.165, 1.54) is 0 Å². The topological polar surface area (TPSA) is 44.7 Å². The lowest BCUT2D eigenvalue weighted by Crippen LogP contribution is -2.44. The zero-order valence-electron chi connectivity index (χ0n) is 9.25. The first-order valence-corrected chi connectivity index (χ1v) is 5.36. The maximum atomic E-state index is 10.1. The molecule has 1 aliphatic heterocycles. The highest BCUT2D eigenvalue weighted by atomic mass is 16.5. The van der Waals surface area contributed by atoms with Gasteiger partial charge in [-0.2, -0.15) is 0 Å². The molecule has 0 aromatic heterocycles. The van der Waals surface area contributed by atoms with Crippen LogP contribution in [0.1, 0.15) is 13.3 Å². The minimum Gasteiger partial charge on any atom is -0.387 e. The third-order valence-corrected chi connectivity index (χ3v) is 2.61. The molecular formula is C10H22N2O2. The van der Waals surface area contributed by atoms with Crippen molar-refractivity contribution in [2.45, 2.75) is 18.9 Å². The summed E-state index contributed by atoms with van der Waals surface area (Å²) < 4.78 is 5.26. The number of hydrogen-bond donors (Lipinski definition) is 2. The van der Waals surface area contributed by atoms with Gasteiger partial charge in [-0.15, -0.1) is 0 Å². The molecule has 1 unspecified atom stereocenters. The minimum absolute atomic E-state index is 0.527. The normalized spacial score (nSPS) is 27.4. The SMILES string of the molecule is CCOCCN(C)CC1(O)CCNC1. The van der Waals surface area contributed by atoms with Crippen LogP contribution in [0, 0.1) is 0 Å². The fourth-order valence-corrected chi connectivity index (χ4v) is 1.81. The van der Waals surface area contributed by atoms with Crippen molar-refractivity contribution in [3.8, 4) is 0 Å². The monoisotopic (exact) mass is 202 g/mol. The van der Waals surface area contributed by atoms with E-state index in [0.29, 0.717) is 6.54 Å². The van der Waals surface area contributed by atoms with Gasteiger partial charge in [-0.25, -0.2) is 0 Å². The van der Waals surface area contributed by atoms with Gasteiger partial charge in [-0.3, -0.25) is 0 Å². The summed E-state index contributed by atoms with van der Waals surface area (Å²) in [4.78, 5) is 2.13. The van der Waals surface area contributed by atoms with E-state index in [0.717, 1.165) is 39.3 Å². The largest absolute Gasteiger partial charge is 0.387 e. The molecule has 0 saturated carbocycles. The number of aliphatic hydroxyl groups is 1. The van der Waals surface area contributed by atoms with Crippen LogP contribution in [-0.4, -0.2) is 62.0 Å². The van der Waals surface area contributed by atoms with Crippen LogP contribution in [0.5, 0.6) is 0 Å². The van der Waals surface area contributed by atoms with Gasteiger partial charge in [0.05, 0.1) is 12.2 Å². The molecule has 1 fully saturated rings. The highest BCUT2D eigenvalue weighted by molar-refractivity contribution is 4.89. The van der Waals surface area contributed by atoms with Crippen LogP contribution < -0.4 is 5.32 Å². The summed E-state index contributed by atoms with van der Waals surface area (Å²) >= 11 is 0. The van der Waals surface area contributed by atoms with E-state index >= 15 is 0 Å². The van der Waals surface area contributed by atoms with E-state index in [4.69, 9.17) is 4.74 Å². The molecule has 0 spiro atoms. The zero-order chi connectivity index (χ0) is 10.4. The molecule has 0 aromatic carbocycles. The minimum atomic E-state index is -0.527. The lowest BCUT2D eigenvalue weighted by Gasteiger charge is -2.27. The summed E-state index contributed by atoms with van der Waals surface area (Å²) in [6, 6.07) is 0. The molecule has 1 saturated heterocycles. The molecular weight excluding hydrogens is 180 g/mol. The van der Waals surface area contributed by atoms with Crippen LogP contribution >= 0.6 is 0 Å². The number of hydrogen-bond acceptors (Lipinski definition) is 4. The number of ether oxygens (including phenoxy) is 1. The molecule has 0 amide bonds. The molecule has 1 atom stereocenters. The molecule has 0 radical (unpaired) electrons. The fourth-order valence-electron chi connectivity index (χ4n) is 1.81. The Hall–Kier alpha value is -0.160. The molecule has 0 aromatic rings. The van der Waals surface area contributed by atoms with E-state index in [1.807, 2.05) is 14.0 Å². The Kier molecular flexibility index (Phi) is 4.81. The summed E-state index contributed by atoms with van der Waals surface area (Å²) in [7, 11) is 2.02. The van der Waals surface area contributed by atoms with Crippen molar-refractivity contribution in [2.75, 3.05) is 46.4 Å². The summed E-state index contributed by atoms with van der Waals surface area (Å²) in [6.07, 6.45) is 0.853. The molecule has 84 valence electrons. The molecule has 1 rings (SSSR count). The van der Waals surface area contributed by atoms with Crippen LogP contribution in [0.4, 0.5) is 0 Å². The maximum absolute atomic E-state index is 10.1. The Morgan fingerprint density at radius 3 is 2.93 bits per heavy atom. The first kappa shape index (κ1) is 11.9. The fraction of sp³-hybridized carbons (Fsp3) is 1.00. The van der Waals surface area contributed by atoms with Crippen molar-refractivity contribution in [2.24, 2.45) is 0 Å². The van der Waals surface area contributed by atoms with Gasteiger partial charge in [0, 0.05) is 26.2 Å². The van der Waals surface area contributed by atoms with Gasteiger partial charge in [0.2, 0.25) is 0 Å². The summed E-state index contributed by atoms with van der Waals surface area (Å²) in [5.74, 6) is 0. The molecule has 4 nitrogen and oxygen atoms in total. The number of likely N-dealkylation sites (N-methyl/N-ethyl adjacent to an activating group) is 1. The molecule has 0 aliphatic carbocycles. The average molecular weight is 202 g/mol. The first-order valence-electron chi connectivity index (χ1n) is 5.36. The van der Waals surface area contributed by atoms with Crippen molar-refractivity contribution in [3.63, 3.8) is 0 Å². The van der Waals surface area contributed by atoms with Crippen molar-refractivity contribution in [1.29, 1.82) is 0 Å². The van der Waals surface area contributed by atoms with Crippen molar-refractivity contribution < 1.29 is 9.84 Å². The number of nitrogens with one attached hydrogen (secondary N) is 1. The van der Waals surface area contributed by atoms with E-state index in [1.54, 1.807) is 0 Å². The number of β-amino-alcohol motifs (C(OH)–C–C–N with tert-alkyl or cyclic N) is 1. The Balaban J connectivity index is 2.15. The van der Waals surface area contributed by atoms with E-state index in [2.05, 4.69) is 10.2 Å². The highest BCUT2D eigenvalue weighted by Gasteiger charge is 2.31. The predicted octanol–water partition coefficient (Wildman–Crippen LogP) is -0.321. The van der Waals surface area contributed by atoms with Crippen LogP contribution in [0.15, 0.2) is 0 Å². The van der Waals surface area contributed by atoms with Gasteiger partial charge in [-0.05, 0) is 26.9 Å². The Bertz CT molecular complexity index is 158. The van der Waals surface area contributed by atoms with Crippen LogP contribution in [0.25, 0.3) is 0 Å². The van der Waals surface area contributed by atoms with Crippen LogP contribution in [-0.2, 0) is 4.74 Å². The van der Waals surface area contributed by atoms with Gasteiger partial charge in [0.15, 0.2) is 0 Å². The smallest absolute Gasteiger partial charge is 0.0909 e. The Morgan fingerprint density at radius 1 is 1.57 bits per heavy atom. The second-order valence-electron chi connectivity index (χ2n) is 4.09. The molecule has 2 N–H and O–H groups in total. The third kappa shape index (κ3) is 3.92. The van der Waals surface area contributed by atoms with Crippen LogP contribution in [0.2, 0.25) is 0 Å². The van der Waals surface area contributed by atoms with E-state index in [9.17, 15) is 5.11 Å². The van der Waals surface area contributed by atoms with E-state index in [-0.39, 0.29) is 0 Å². The van der Waals surface area contributed by atoms with Gasteiger partial charge in [0.1, 0.15) is 0 Å². The zero-order valence-corrected chi connectivity index (χ0v) is 9.25. The van der Waals surface area contributed by atoms with Crippen molar-refractivity contribution >= 4 is 0 Å². The lowest BCUT2D eigenvalue weighted by atomic mass is 10.0. The Morgan fingerprint density at radius 2 is 2.36 bits per heavy atom. The lowest BCUT2D eigenvalue weighted by molar-refractivity contribution is 0.0197. The summed E-state index contributed by atoms with van der Waals surface area (Å²) in [5.41, 5.74) is -0.527. The summed E-state index contributed by atoms with van der Waals surface area (Å²) in [6.45, 7) is 6.76. The van der Waals surface area contributed by atoms with Crippen LogP contribution in [0.3, 0.4) is 0 Å². The van der Waals surface area contributed by atoms with Gasteiger partial charge in [-0.1, -0.05) is 0 Å². The average Bonchev–Trinajstić information content (AvgIpc) is 2.52. The quantitative estimate of drug-likeness (QED) is 0.579. The summed E-state index contributed by atoms with van der Waals surface area (Å²) in [5, 5.41) is 13.3. The Labute approximate surface area is 86.2 Å². The van der Waals surface area contributed by atoms with E-state index < -0.39 is 5.60 Å². The third-order valence-electron chi connectivity index (χ3n) is 2.61.